The molecule has 0 aromatic rings. The molecule has 29 heavy (non-hydrogen) atoms. The number of aliphatic carboxylic acids is 1. The Labute approximate surface area is 171 Å². The minimum Gasteiger partial charge on any atom is -0.480 e. The molecule has 4 rings (SSSR count). The van der Waals surface area contributed by atoms with Gasteiger partial charge in [0, 0.05) is 19.5 Å². The molecule has 0 saturated carbocycles. The summed E-state index contributed by atoms with van der Waals surface area (Å²) in [6, 6.07) is -1.22. The topological polar surface area (TPSA) is 77.9 Å². The first-order valence-electron chi connectivity index (χ1n) is 10.9. The molecule has 0 spiro atoms. The molecular weight excluding hydrogens is 368 g/mol. The van der Waals surface area contributed by atoms with Crippen LogP contribution in [0.2, 0.25) is 0 Å². The Morgan fingerprint density at radius 1 is 1.00 bits per heavy atom. The molecule has 2 aliphatic carbocycles. The van der Waals surface area contributed by atoms with E-state index in [4.69, 9.17) is 0 Å². The van der Waals surface area contributed by atoms with Crippen LogP contribution in [0.3, 0.4) is 0 Å². The predicted octanol–water partition coefficient (Wildman–Crippen LogP) is 3.06. The summed E-state index contributed by atoms with van der Waals surface area (Å²) in [4.78, 5) is 40.8. The third kappa shape index (κ3) is 4.16. The van der Waals surface area contributed by atoms with E-state index in [1.807, 2.05) is 0 Å². The number of amides is 2. The van der Waals surface area contributed by atoms with Crippen LogP contribution in [0.15, 0.2) is 35.5 Å². The highest BCUT2D eigenvalue weighted by Gasteiger charge is 2.42. The zero-order valence-corrected chi connectivity index (χ0v) is 16.9. The van der Waals surface area contributed by atoms with E-state index < -0.39 is 18.1 Å². The lowest BCUT2D eigenvalue weighted by Crippen LogP contribution is -2.51. The van der Waals surface area contributed by atoms with Crippen LogP contribution in [0.1, 0.15) is 57.8 Å². The second-order valence-electron chi connectivity index (χ2n) is 8.71. The smallest absolute Gasteiger partial charge is 0.326 e. The number of carbonyl (C=O) groups is 3. The molecule has 0 aromatic heterocycles. The van der Waals surface area contributed by atoms with Crippen LogP contribution in [0.5, 0.6) is 0 Å². The summed E-state index contributed by atoms with van der Waals surface area (Å²) < 4.78 is 0. The summed E-state index contributed by atoms with van der Waals surface area (Å²) in [6.45, 7) is 1.08. The number of hydrogen-bond donors (Lipinski definition) is 1. The first kappa shape index (κ1) is 19.9. The van der Waals surface area contributed by atoms with Crippen molar-refractivity contribution in [1.29, 1.82) is 0 Å². The minimum absolute atomic E-state index is 0.0525. The highest BCUT2D eigenvalue weighted by atomic mass is 16.4. The molecule has 0 radical (unpaired) electrons. The molecule has 4 aliphatic rings. The van der Waals surface area contributed by atoms with E-state index in [0.717, 1.165) is 32.1 Å². The number of carboxylic acid groups (broad SMARTS) is 1. The Morgan fingerprint density at radius 3 is 2.55 bits per heavy atom. The Hall–Kier alpha value is -2.37. The normalized spacial score (nSPS) is 29.2. The van der Waals surface area contributed by atoms with E-state index in [2.05, 4.69) is 24.3 Å². The molecule has 2 fully saturated rings. The molecule has 1 unspecified atom stereocenters. The molecule has 6 heteroatoms. The van der Waals surface area contributed by atoms with E-state index in [1.54, 1.807) is 4.90 Å². The van der Waals surface area contributed by atoms with Crippen molar-refractivity contribution in [3.05, 3.63) is 35.5 Å². The summed E-state index contributed by atoms with van der Waals surface area (Å²) in [5, 5.41) is 9.39. The zero-order chi connectivity index (χ0) is 20.4. The first-order valence-corrected chi connectivity index (χ1v) is 10.9. The van der Waals surface area contributed by atoms with Gasteiger partial charge in [0.15, 0.2) is 0 Å². The van der Waals surface area contributed by atoms with Crippen LogP contribution in [0.4, 0.5) is 0 Å². The van der Waals surface area contributed by atoms with Crippen molar-refractivity contribution in [3.63, 3.8) is 0 Å². The van der Waals surface area contributed by atoms with Crippen molar-refractivity contribution in [2.24, 2.45) is 5.92 Å². The first-order chi connectivity index (χ1) is 14.0. The van der Waals surface area contributed by atoms with E-state index in [0.29, 0.717) is 44.7 Å². The van der Waals surface area contributed by atoms with E-state index >= 15 is 0 Å². The average molecular weight is 399 g/mol. The van der Waals surface area contributed by atoms with Crippen molar-refractivity contribution in [2.45, 2.75) is 69.9 Å². The molecule has 2 heterocycles. The number of likely N-dealkylation sites (tertiary alicyclic amines) is 2. The molecule has 0 bridgehead atoms. The molecule has 1 N–H and O–H groups in total. The van der Waals surface area contributed by atoms with Crippen molar-refractivity contribution < 1.29 is 19.5 Å². The van der Waals surface area contributed by atoms with E-state index in [9.17, 15) is 19.5 Å². The van der Waals surface area contributed by atoms with Gasteiger partial charge >= 0.3 is 5.97 Å². The van der Waals surface area contributed by atoms with Gasteiger partial charge in [-0.3, -0.25) is 9.59 Å². The van der Waals surface area contributed by atoms with Crippen molar-refractivity contribution in [1.82, 2.24) is 9.80 Å². The Balaban J connectivity index is 1.39. The number of carbonyl (C=O) groups excluding carboxylic acids is 2. The lowest BCUT2D eigenvalue weighted by molar-refractivity contribution is -0.151. The molecule has 3 atom stereocenters. The van der Waals surface area contributed by atoms with Gasteiger partial charge in [-0.25, -0.2) is 4.79 Å². The maximum atomic E-state index is 13.1. The molecule has 156 valence electrons. The van der Waals surface area contributed by atoms with E-state index in [1.165, 1.54) is 16.0 Å². The average Bonchev–Trinajstić information content (AvgIpc) is 3.33. The fourth-order valence-electron chi connectivity index (χ4n) is 5.31. The summed E-state index contributed by atoms with van der Waals surface area (Å²) in [7, 11) is 0. The molecular formula is C23H30N2O4. The van der Waals surface area contributed by atoms with Crippen LogP contribution in [0, 0.1) is 5.92 Å². The molecule has 2 aliphatic heterocycles. The maximum absolute atomic E-state index is 13.1. The number of rotatable bonds is 4. The van der Waals surface area contributed by atoms with Gasteiger partial charge in [0.05, 0.1) is 0 Å². The number of hydrogen-bond acceptors (Lipinski definition) is 3. The van der Waals surface area contributed by atoms with Gasteiger partial charge in [-0.15, -0.1) is 0 Å². The van der Waals surface area contributed by atoms with Gasteiger partial charge < -0.3 is 14.9 Å². The summed E-state index contributed by atoms with van der Waals surface area (Å²) >= 11 is 0. The fourth-order valence-corrected chi connectivity index (χ4v) is 5.31. The quantitative estimate of drug-likeness (QED) is 0.790. The second-order valence-corrected chi connectivity index (χ2v) is 8.71. The van der Waals surface area contributed by atoms with Crippen molar-refractivity contribution >= 4 is 17.8 Å². The van der Waals surface area contributed by atoms with Gasteiger partial charge in [-0.05, 0) is 62.9 Å². The summed E-state index contributed by atoms with van der Waals surface area (Å²) in [5.41, 5.74) is 2.86. The van der Waals surface area contributed by atoms with Crippen molar-refractivity contribution in [2.75, 3.05) is 13.1 Å². The molecule has 6 nitrogen and oxygen atoms in total. The minimum atomic E-state index is -0.941. The van der Waals surface area contributed by atoms with Crippen LogP contribution in [0.25, 0.3) is 0 Å². The van der Waals surface area contributed by atoms with Gasteiger partial charge in [0.25, 0.3) is 0 Å². The van der Waals surface area contributed by atoms with Gasteiger partial charge in [0.2, 0.25) is 11.8 Å². The highest BCUT2D eigenvalue weighted by molar-refractivity contribution is 5.91. The highest BCUT2D eigenvalue weighted by Crippen LogP contribution is 2.36. The molecule has 2 amide bonds. The van der Waals surface area contributed by atoms with Crippen LogP contribution in [-0.2, 0) is 14.4 Å². The Kier molecular flexibility index (Phi) is 5.88. The third-order valence-corrected chi connectivity index (χ3v) is 6.87. The van der Waals surface area contributed by atoms with Crippen LogP contribution >= 0.6 is 0 Å². The lowest BCUT2D eigenvalue weighted by Gasteiger charge is -2.32. The SMILES string of the molecule is O=C(O)[C@@H]1CCCN1C(=O)[C@@H]1CCCN1C(=O)CC1CCC2=C(C=CC=CC2)C1. The largest absolute Gasteiger partial charge is 0.480 e. The van der Waals surface area contributed by atoms with Crippen molar-refractivity contribution in [3.8, 4) is 0 Å². The monoisotopic (exact) mass is 398 g/mol. The van der Waals surface area contributed by atoms with Gasteiger partial charge in [0.1, 0.15) is 12.1 Å². The van der Waals surface area contributed by atoms with Crippen LogP contribution < -0.4 is 0 Å². The molecule has 0 aromatic carbocycles. The number of nitrogens with zero attached hydrogens (tertiary/aromatic N) is 2. The van der Waals surface area contributed by atoms with Gasteiger partial charge in [-0.1, -0.05) is 29.9 Å². The summed E-state index contributed by atoms with van der Waals surface area (Å²) in [5.74, 6) is -0.744. The van der Waals surface area contributed by atoms with Crippen LogP contribution in [-0.4, -0.2) is 57.9 Å². The Morgan fingerprint density at radius 2 is 1.76 bits per heavy atom. The predicted molar refractivity (Wildman–Crippen MR) is 109 cm³/mol. The van der Waals surface area contributed by atoms with E-state index in [-0.39, 0.29) is 11.8 Å². The maximum Gasteiger partial charge on any atom is 0.326 e. The molecule has 2 saturated heterocycles. The standard InChI is InChI=1S/C23H30N2O4/c26-21(15-16-10-11-17-6-2-1-3-7-18(17)14-16)24-12-4-8-19(24)22(27)25-13-5-9-20(25)23(28)29/h1-3,7,16,19-20H,4-6,8-15H2,(H,28,29)/t16?,19-,20-/m0/s1. The second kappa shape index (κ2) is 8.56. The van der Waals surface area contributed by atoms with Gasteiger partial charge in [-0.2, -0.15) is 0 Å². The summed E-state index contributed by atoms with van der Waals surface area (Å²) in [6.07, 6.45) is 15.7. The Bertz CT molecular complexity index is 782. The third-order valence-electron chi connectivity index (χ3n) is 6.87. The zero-order valence-electron chi connectivity index (χ0n) is 16.9. The number of allylic oxidation sites excluding steroid dienone is 6. The fraction of sp³-hybridized carbons (Fsp3) is 0.609. The lowest BCUT2D eigenvalue weighted by atomic mass is 9.81. The number of carboxylic acids is 1.